The van der Waals surface area contributed by atoms with Gasteiger partial charge in [0.1, 0.15) is 5.82 Å². The Morgan fingerprint density at radius 2 is 1.73 bits per heavy atom. The monoisotopic (exact) mass is 401 g/mol. The molecule has 30 heavy (non-hydrogen) atoms. The number of carbonyl (C=O) groups is 1. The lowest BCUT2D eigenvalue weighted by Gasteiger charge is -2.32. The number of hydrogen-bond acceptors (Lipinski definition) is 5. The second-order valence-corrected chi connectivity index (χ2v) is 8.35. The fourth-order valence-electron chi connectivity index (χ4n) is 4.24. The molecule has 1 N–H and O–H groups in total. The van der Waals surface area contributed by atoms with Crippen LogP contribution < -0.4 is 10.3 Å². The van der Waals surface area contributed by atoms with Gasteiger partial charge in [-0.1, -0.05) is 12.1 Å². The topological polar surface area (TPSA) is 51.7 Å². The SMILES string of the molecule is Cc1ccc2cc3c(nc2c1)N(c1ccc(C(=O)NN2CCN(C)CC2)cc1)CC3. The van der Waals surface area contributed by atoms with Crippen LogP contribution in [-0.4, -0.2) is 60.6 Å². The molecule has 6 nitrogen and oxygen atoms in total. The quantitative estimate of drug-likeness (QED) is 0.731. The molecule has 0 atom stereocenters. The minimum Gasteiger partial charge on any atom is -0.326 e. The third-order valence-corrected chi connectivity index (χ3v) is 6.09. The van der Waals surface area contributed by atoms with Crippen LogP contribution in [-0.2, 0) is 6.42 Å². The molecule has 0 spiro atoms. The summed E-state index contributed by atoms with van der Waals surface area (Å²) in [5, 5.41) is 3.20. The fraction of sp³-hybridized carbons (Fsp3) is 0.333. The molecule has 0 saturated carbocycles. The van der Waals surface area contributed by atoms with Gasteiger partial charge in [0, 0.05) is 49.4 Å². The molecular formula is C24H27N5O. The number of benzene rings is 2. The summed E-state index contributed by atoms with van der Waals surface area (Å²) in [7, 11) is 2.10. The van der Waals surface area contributed by atoms with Crippen LogP contribution in [0.4, 0.5) is 11.5 Å². The molecule has 1 fully saturated rings. The summed E-state index contributed by atoms with van der Waals surface area (Å²) < 4.78 is 0. The minimum absolute atomic E-state index is 0.0486. The van der Waals surface area contributed by atoms with Crippen LogP contribution in [0, 0.1) is 6.92 Å². The lowest BCUT2D eigenvalue weighted by Crippen LogP contribution is -2.52. The molecule has 154 valence electrons. The number of aryl methyl sites for hydroxylation is 1. The zero-order valence-corrected chi connectivity index (χ0v) is 17.6. The highest BCUT2D eigenvalue weighted by Crippen LogP contribution is 2.35. The standard InChI is InChI=1S/C24H27N5O/c1-17-3-4-19-16-20-9-10-29(23(20)25-22(19)15-17)21-7-5-18(6-8-21)24(30)26-28-13-11-27(2)12-14-28/h3-8,15-16H,9-14H2,1-2H3,(H,26,30). The van der Waals surface area contributed by atoms with E-state index in [1.165, 1.54) is 16.5 Å². The lowest BCUT2D eigenvalue weighted by atomic mass is 10.1. The molecule has 0 aliphatic carbocycles. The van der Waals surface area contributed by atoms with E-state index in [9.17, 15) is 4.79 Å². The first-order chi connectivity index (χ1) is 14.6. The Morgan fingerprint density at radius 3 is 2.50 bits per heavy atom. The van der Waals surface area contributed by atoms with Crippen molar-refractivity contribution in [3.8, 4) is 0 Å². The molecule has 2 aliphatic rings. The van der Waals surface area contributed by atoms with E-state index < -0.39 is 0 Å². The average Bonchev–Trinajstić information content (AvgIpc) is 3.16. The predicted molar refractivity (Wildman–Crippen MR) is 120 cm³/mol. The maximum atomic E-state index is 12.6. The largest absolute Gasteiger partial charge is 0.326 e. The van der Waals surface area contributed by atoms with Crippen LogP contribution in [0.25, 0.3) is 10.9 Å². The molecule has 3 aromatic rings. The van der Waals surface area contributed by atoms with E-state index in [1.54, 1.807) is 0 Å². The number of anilines is 2. The van der Waals surface area contributed by atoms with Crippen molar-refractivity contribution in [3.63, 3.8) is 0 Å². The van der Waals surface area contributed by atoms with Crippen LogP contribution in [0.15, 0.2) is 48.5 Å². The second kappa shape index (κ2) is 7.70. The number of aromatic nitrogens is 1. The normalized spacial score (nSPS) is 17.3. The van der Waals surface area contributed by atoms with Crippen molar-refractivity contribution in [2.24, 2.45) is 0 Å². The molecule has 2 aromatic carbocycles. The summed E-state index contributed by atoms with van der Waals surface area (Å²) in [5.74, 6) is 0.982. The summed E-state index contributed by atoms with van der Waals surface area (Å²) in [5.41, 5.74) is 8.31. The molecule has 5 rings (SSSR count). The summed E-state index contributed by atoms with van der Waals surface area (Å²) >= 11 is 0. The van der Waals surface area contributed by atoms with Crippen LogP contribution in [0.1, 0.15) is 21.5 Å². The van der Waals surface area contributed by atoms with E-state index >= 15 is 0 Å². The van der Waals surface area contributed by atoms with Gasteiger partial charge in [-0.15, -0.1) is 0 Å². The third kappa shape index (κ3) is 3.64. The van der Waals surface area contributed by atoms with E-state index in [-0.39, 0.29) is 5.91 Å². The average molecular weight is 402 g/mol. The Hall–Kier alpha value is -2.96. The van der Waals surface area contributed by atoms with E-state index in [4.69, 9.17) is 4.98 Å². The Morgan fingerprint density at radius 1 is 0.967 bits per heavy atom. The van der Waals surface area contributed by atoms with Gasteiger partial charge in [0.25, 0.3) is 5.91 Å². The number of amides is 1. The van der Waals surface area contributed by atoms with E-state index in [0.717, 1.165) is 56.2 Å². The molecule has 3 heterocycles. The van der Waals surface area contributed by atoms with Crippen molar-refractivity contribution in [1.29, 1.82) is 0 Å². The van der Waals surface area contributed by atoms with Crippen molar-refractivity contribution in [2.45, 2.75) is 13.3 Å². The summed E-state index contributed by atoms with van der Waals surface area (Å²) in [6, 6.07) is 16.5. The Balaban J connectivity index is 1.33. The number of hydrazine groups is 1. The maximum Gasteiger partial charge on any atom is 0.265 e. The number of nitrogens with zero attached hydrogens (tertiary/aromatic N) is 4. The zero-order valence-electron chi connectivity index (χ0n) is 17.6. The van der Waals surface area contributed by atoms with Crippen LogP contribution in [0.3, 0.4) is 0 Å². The first kappa shape index (κ1) is 19.0. The first-order valence-electron chi connectivity index (χ1n) is 10.6. The van der Waals surface area contributed by atoms with Gasteiger partial charge < -0.3 is 9.80 Å². The fourth-order valence-corrected chi connectivity index (χ4v) is 4.24. The number of pyridine rings is 1. The van der Waals surface area contributed by atoms with Crippen molar-refractivity contribution >= 4 is 28.3 Å². The van der Waals surface area contributed by atoms with Gasteiger partial charge in [0.2, 0.25) is 0 Å². The third-order valence-electron chi connectivity index (χ3n) is 6.09. The van der Waals surface area contributed by atoms with Gasteiger partial charge in [0.15, 0.2) is 0 Å². The zero-order chi connectivity index (χ0) is 20.7. The minimum atomic E-state index is -0.0486. The van der Waals surface area contributed by atoms with Gasteiger partial charge in [0.05, 0.1) is 5.52 Å². The Kier molecular flexibility index (Phi) is 4.89. The highest BCUT2D eigenvalue weighted by atomic mass is 16.2. The number of fused-ring (bicyclic) bond motifs is 2. The van der Waals surface area contributed by atoms with Crippen molar-refractivity contribution in [1.82, 2.24) is 20.3 Å². The van der Waals surface area contributed by atoms with E-state index in [0.29, 0.717) is 5.56 Å². The number of hydrogen-bond donors (Lipinski definition) is 1. The molecule has 0 unspecified atom stereocenters. The van der Waals surface area contributed by atoms with Crippen LogP contribution >= 0.6 is 0 Å². The second-order valence-electron chi connectivity index (χ2n) is 8.35. The molecule has 1 aromatic heterocycles. The maximum absolute atomic E-state index is 12.6. The van der Waals surface area contributed by atoms with Gasteiger partial charge in [-0.25, -0.2) is 9.99 Å². The number of piperazine rings is 1. The molecule has 0 bridgehead atoms. The van der Waals surface area contributed by atoms with E-state index in [2.05, 4.69) is 53.5 Å². The molecule has 1 saturated heterocycles. The summed E-state index contributed by atoms with van der Waals surface area (Å²) in [4.78, 5) is 22.1. The lowest BCUT2D eigenvalue weighted by molar-refractivity contribution is 0.0662. The van der Waals surface area contributed by atoms with Gasteiger partial charge in [-0.2, -0.15) is 0 Å². The predicted octanol–water partition coefficient (Wildman–Crippen LogP) is 3.13. The number of carbonyl (C=O) groups excluding carboxylic acids is 1. The molecule has 2 aliphatic heterocycles. The number of likely N-dealkylation sites (N-methyl/N-ethyl adjacent to an activating group) is 1. The van der Waals surface area contributed by atoms with Crippen LogP contribution in [0.5, 0.6) is 0 Å². The van der Waals surface area contributed by atoms with Gasteiger partial charge in [-0.05, 0) is 67.9 Å². The van der Waals surface area contributed by atoms with Gasteiger partial charge >= 0.3 is 0 Å². The Bertz CT molecular complexity index is 1090. The molecular weight excluding hydrogens is 374 g/mol. The Labute approximate surface area is 177 Å². The van der Waals surface area contributed by atoms with Gasteiger partial charge in [-0.3, -0.25) is 10.2 Å². The highest BCUT2D eigenvalue weighted by molar-refractivity contribution is 5.94. The smallest absolute Gasteiger partial charge is 0.265 e. The van der Waals surface area contributed by atoms with E-state index in [1.807, 2.05) is 29.3 Å². The molecule has 6 heteroatoms. The van der Waals surface area contributed by atoms with Crippen molar-refractivity contribution in [2.75, 3.05) is 44.7 Å². The molecule has 1 amide bonds. The van der Waals surface area contributed by atoms with Crippen molar-refractivity contribution in [3.05, 3.63) is 65.2 Å². The van der Waals surface area contributed by atoms with Crippen LogP contribution in [0.2, 0.25) is 0 Å². The first-order valence-corrected chi connectivity index (χ1v) is 10.6. The number of rotatable bonds is 3. The van der Waals surface area contributed by atoms with Crippen molar-refractivity contribution < 1.29 is 4.79 Å². The summed E-state index contributed by atoms with van der Waals surface area (Å²) in [6.07, 6.45) is 0.984. The summed E-state index contributed by atoms with van der Waals surface area (Å²) in [6.45, 7) is 6.64. The molecule has 0 radical (unpaired) electrons. The number of nitrogens with one attached hydrogen (secondary N) is 1. The highest BCUT2D eigenvalue weighted by Gasteiger charge is 2.23.